The van der Waals surface area contributed by atoms with Crippen LogP contribution in [0.25, 0.3) is 11.4 Å². The maximum absolute atomic E-state index is 12.5. The van der Waals surface area contributed by atoms with Crippen molar-refractivity contribution in [3.8, 4) is 11.4 Å². The zero-order chi connectivity index (χ0) is 23.5. The van der Waals surface area contributed by atoms with Gasteiger partial charge >= 0.3 is 0 Å². The lowest BCUT2D eigenvalue weighted by Crippen LogP contribution is -2.23. The van der Waals surface area contributed by atoms with Crippen LogP contribution >= 0.6 is 11.8 Å². The summed E-state index contributed by atoms with van der Waals surface area (Å²) in [6.45, 7) is 7.81. The van der Waals surface area contributed by atoms with E-state index in [-0.39, 0.29) is 16.6 Å². The summed E-state index contributed by atoms with van der Waals surface area (Å²) < 4.78 is 33.4. The van der Waals surface area contributed by atoms with Crippen LogP contribution in [0.15, 0.2) is 57.7 Å². The second kappa shape index (κ2) is 9.72. The molecule has 11 heteroatoms. The van der Waals surface area contributed by atoms with E-state index >= 15 is 0 Å². The van der Waals surface area contributed by atoms with Crippen LogP contribution in [0.3, 0.4) is 0 Å². The molecule has 170 valence electrons. The van der Waals surface area contributed by atoms with Crippen molar-refractivity contribution >= 4 is 33.4 Å². The van der Waals surface area contributed by atoms with Crippen molar-refractivity contribution in [3.63, 3.8) is 0 Å². The van der Waals surface area contributed by atoms with E-state index in [1.807, 2.05) is 17.6 Å². The Kier molecular flexibility index (Phi) is 7.22. The molecule has 0 aliphatic rings. The molecule has 1 N–H and O–H groups in total. The van der Waals surface area contributed by atoms with E-state index in [9.17, 15) is 13.2 Å². The molecule has 0 aliphatic heterocycles. The molecule has 0 spiro atoms. The van der Waals surface area contributed by atoms with E-state index in [4.69, 9.17) is 4.42 Å². The lowest BCUT2D eigenvalue weighted by atomic mass is 10.2. The average molecular weight is 476 g/mol. The molecule has 3 rings (SSSR count). The van der Waals surface area contributed by atoms with Crippen molar-refractivity contribution in [1.82, 2.24) is 19.1 Å². The Balaban J connectivity index is 1.74. The number of hydrogen-bond acceptors (Lipinski definition) is 7. The third-order valence-electron chi connectivity index (χ3n) is 4.69. The van der Waals surface area contributed by atoms with Gasteiger partial charge in [-0.25, -0.2) is 12.7 Å². The van der Waals surface area contributed by atoms with Gasteiger partial charge in [0.2, 0.25) is 15.9 Å². The Labute approximate surface area is 191 Å². The van der Waals surface area contributed by atoms with Gasteiger partial charge in [0, 0.05) is 26.3 Å². The SMILES string of the molecule is C=CCn1c(SCC(=O)Nc2ccc(C)c(S(=O)(=O)N(C)C)c2)nnc1-c1ccoc1C. The number of nitrogens with one attached hydrogen (secondary N) is 1. The van der Waals surface area contributed by atoms with Crippen molar-refractivity contribution in [3.05, 3.63) is 54.5 Å². The molecular weight excluding hydrogens is 450 g/mol. The van der Waals surface area contributed by atoms with E-state index in [2.05, 4.69) is 22.1 Å². The number of aryl methyl sites for hydroxylation is 2. The quantitative estimate of drug-likeness (QED) is 0.373. The third-order valence-corrected chi connectivity index (χ3v) is 7.61. The zero-order valence-corrected chi connectivity index (χ0v) is 20.0. The number of allylic oxidation sites excluding steroid dienone is 1. The first kappa shape index (κ1) is 23.8. The molecule has 9 nitrogen and oxygen atoms in total. The standard InChI is InChI=1S/C21H25N5O4S2/c1-6-10-26-20(17-9-11-30-15(17)3)23-24-21(26)31-13-19(27)22-16-8-7-14(2)18(12-16)32(28,29)25(4)5/h6-9,11-12H,1,10,13H2,2-5H3,(H,22,27). The summed E-state index contributed by atoms with van der Waals surface area (Å²) in [6.07, 6.45) is 3.32. The Morgan fingerprint density at radius 1 is 1.28 bits per heavy atom. The van der Waals surface area contributed by atoms with Gasteiger partial charge in [0.15, 0.2) is 11.0 Å². The normalized spacial score (nSPS) is 11.7. The number of carbonyl (C=O) groups is 1. The van der Waals surface area contributed by atoms with Gasteiger partial charge in [0.25, 0.3) is 0 Å². The van der Waals surface area contributed by atoms with E-state index < -0.39 is 10.0 Å². The van der Waals surface area contributed by atoms with E-state index in [1.165, 1.54) is 31.9 Å². The van der Waals surface area contributed by atoms with E-state index in [0.29, 0.717) is 28.8 Å². The molecule has 2 heterocycles. The molecule has 0 saturated carbocycles. The zero-order valence-electron chi connectivity index (χ0n) is 18.3. The second-order valence-corrected chi connectivity index (χ2v) is 10.3. The van der Waals surface area contributed by atoms with Gasteiger partial charge in [0.1, 0.15) is 5.76 Å². The van der Waals surface area contributed by atoms with Crippen LogP contribution in [-0.2, 0) is 21.4 Å². The number of sulfonamides is 1. The van der Waals surface area contributed by atoms with Crippen LogP contribution in [0.1, 0.15) is 11.3 Å². The minimum Gasteiger partial charge on any atom is -0.469 e. The molecule has 2 aromatic heterocycles. The topological polar surface area (TPSA) is 110 Å². The van der Waals surface area contributed by atoms with Crippen molar-refractivity contribution in [2.75, 3.05) is 25.2 Å². The fraction of sp³-hybridized carbons (Fsp3) is 0.286. The number of rotatable bonds is 9. The molecule has 0 atom stereocenters. The van der Waals surface area contributed by atoms with E-state index in [1.54, 1.807) is 31.4 Å². The van der Waals surface area contributed by atoms with Gasteiger partial charge in [-0.3, -0.25) is 9.36 Å². The molecule has 1 amide bonds. The highest BCUT2D eigenvalue weighted by atomic mass is 32.2. The Hall–Kier alpha value is -2.89. The number of aromatic nitrogens is 3. The first-order chi connectivity index (χ1) is 15.1. The maximum Gasteiger partial charge on any atom is 0.242 e. The van der Waals surface area contributed by atoms with Gasteiger partial charge in [-0.15, -0.1) is 16.8 Å². The highest BCUT2D eigenvalue weighted by Gasteiger charge is 2.21. The van der Waals surface area contributed by atoms with Gasteiger partial charge < -0.3 is 9.73 Å². The predicted molar refractivity (Wildman–Crippen MR) is 124 cm³/mol. The number of anilines is 1. The summed E-state index contributed by atoms with van der Waals surface area (Å²) in [7, 11) is -0.682. The molecule has 3 aromatic rings. The molecule has 0 radical (unpaired) electrons. The molecule has 0 fully saturated rings. The van der Waals surface area contributed by atoms with Crippen molar-refractivity contribution in [2.24, 2.45) is 0 Å². The first-order valence-electron chi connectivity index (χ1n) is 9.69. The molecule has 1 aromatic carbocycles. The van der Waals surface area contributed by atoms with Crippen LogP contribution in [-0.4, -0.2) is 53.2 Å². The fourth-order valence-corrected chi connectivity index (χ4v) is 4.88. The summed E-state index contributed by atoms with van der Waals surface area (Å²) in [5, 5.41) is 11.8. The monoisotopic (exact) mass is 475 g/mol. The molecular formula is C21H25N5O4S2. The summed E-state index contributed by atoms with van der Waals surface area (Å²) in [5.74, 6) is 1.14. The largest absolute Gasteiger partial charge is 0.469 e. The summed E-state index contributed by atoms with van der Waals surface area (Å²) in [5.41, 5.74) is 1.83. The van der Waals surface area contributed by atoms with Gasteiger partial charge in [-0.1, -0.05) is 23.9 Å². The van der Waals surface area contributed by atoms with Crippen LogP contribution in [0.5, 0.6) is 0 Å². The smallest absolute Gasteiger partial charge is 0.242 e. The molecule has 0 unspecified atom stereocenters. The lowest BCUT2D eigenvalue weighted by Gasteiger charge is -2.15. The highest BCUT2D eigenvalue weighted by molar-refractivity contribution is 7.99. The van der Waals surface area contributed by atoms with E-state index in [0.717, 1.165) is 15.6 Å². The van der Waals surface area contributed by atoms with Gasteiger partial charge in [-0.2, -0.15) is 0 Å². The Morgan fingerprint density at radius 3 is 2.66 bits per heavy atom. The number of benzene rings is 1. The third kappa shape index (κ3) is 4.95. The number of furan rings is 1. The number of hydrogen-bond donors (Lipinski definition) is 1. The number of nitrogens with zero attached hydrogens (tertiary/aromatic N) is 4. The minimum atomic E-state index is -3.62. The van der Waals surface area contributed by atoms with Crippen LogP contribution in [0, 0.1) is 13.8 Å². The van der Waals surface area contributed by atoms with Crippen molar-refractivity contribution in [2.45, 2.75) is 30.4 Å². The number of carbonyl (C=O) groups excluding carboxylic acids is 1. The van der Waals surface area contributed by atoms with Crippen LogP contribution < -0.4 is 5.32 Å². The molecule has 0 aliphatic carbocycles. The summed E-state index contributed by atoms with van der Waals surface area (Å²) in [6, 6.07) is 6.62. The number of thioether (sulfide) groups is 1. The Bertz CT molecular complexity index is 1240. The molecule has 0 saturated heterocycles. The Morgan fingerprint density at radius 2 is 2.03 bits per heavy atom. The maximum atomic E-state index is 12.5. The predicted octanol–water partition coefficient (Wildman–Crippen LogP) is 3.32. The van der Waals surface area contributed by atoms with Crippen molar-refractivity contribution < 1.29 is 17.6 Å². The highest BCUT2D eigenvalue weighted by Crippen LogP contribution is 2.27. The lowest BCUT2D eigenvalue weighted by molar-refractivity contribution is -0.113. The molecule has 0 bridgehead atoms. The average Bonchev–Trinajstić information content (AvgIpc) is 3.33. The summed E-state index contributed by atoms with van der Waals surface area (Å²) in [4.78, 5) is 12.7. The van der Waals surface area contributed by atoms with Gasteiger partial charge in [0.05, 0.1) is 22.5 Å². The fourth-order valence-electron chi connectivity index (χ4n) is 2.98. The summed E-state index contributed by atoms with van der Waals surface area (Å²) >= 11 is 1.23. The second-order valence-electron chi connectivity index (χ2n) is 7.20. The first-order valence-corrected chi connectivity index (χ1v) is 12.1. The van der Waals surface area contributed by atoms with Crippen LogP contribution in [0.4, 0.5) is 5.69 Å². The molecule has 32 heavy (non-hydrogen) atoms. The van der Waals surface area contributed by atoms with Gasteiger partial charge in [-0.05, 0) is 37.6 Å². The van der Waals surface area contributed by atoms with Crippen LogP contribution in [0.2, 0.25) is 0 Å². The minimum absolute atomic E-state index is 0.0727. The van der Waals surface area contributed by atoms with Crippen molar-refractivity contribution in [1.29, 1.82) is 0 Å². The number of amides is 1.